The van der Waals surface area contributed by atoms with Gasteiger partial charge in [0.25, 0.3) is 0 Å². The maximum atomic E-state index is 12.1. The van der Waals surface area contributed by atoms with Crippen LogP contribution in [0.5, 0.6) is 11.5 Å². The monoisotopic (exact) mass is 459 g/mol. The quantitative estimate of drug-likeness (QED) is 0.309. The van der Waals surface area contributed by atoms with Crippen molar-refractivity contribution in [1.82, 2.24) is 10.3 Å². The van der Waals surface area contributed by atoms with E-state index < -0.39 is 0 Å². The van der Waals surface area contributed by atoms with E-state index in [0.717, 1.165) is 11.1 Å². The van der Waals surface area contributed by atoms with Gasteiger partial charge in [-0.25, -0.2) is 4.98 Å². The third kappa shape index (κ3) is 5.36. The Labute approximate surface area is 196 Å². The summed E-state index contributed by atoms with van der Waals surface area (Å²) in [6.45, 7) is 0. The molecule has 0 aliphatic heterocycles. The molecule has 8 heteroatoms. The molecule has 33 heavy (non-hydrogen) atoms. The highest BCUT2D eigenvalue weighted by atomic mass is 32.1. The minimum absolute atomic E-state index is 0.181. The number of hydrogen-bond acceptors (Lipinski definition) is 6. The minimum Gasteiger partial charge on any atom is -0.493 e. The van der Waals surface area contributed by atoms with Crippen LogP contribution in [0.4, 0.5) is 5.69 Å². The number of anilines is 1. The Balaban J connectivity index is 1.44. The van der Waals surface area contributed by atoms with Crippen LogP contribution >= 0.6 is 12.2 Å². The number of carbonyl (C=O) groups is 1. The third-order valence-electron chi connectivity index (χ3n) is 4.74. The number of thiocarbonyl (C=S) groups is 1. The summed E-state index contributed by atoms with van der Waals surface area (Å²) in [6.07, 6.45) is 3.15. The number of fused-ring (bicyclic) bond motifs is 1. The summed E-state index contributed by atoms with van der Waals surface area (Å²) in [5, 5.41) is 5.80. The predicted molar refractivity (Wildman–Crippen MR) is 132 cm³/mol. The zero-order valence-electron chi connectivity index (χ0n) is 18.0. The first kappa shape index (κ1) is 22.0. The van der Waals surface area contributed by atoms with Crippen molar-refractivity contribution in [2.75, 3.05) is 19.5 Å². The third-order valence-corrected chi connectivity index (χ3v) is 4.94. The molecule has 0 aliphatic rings. The molecule has 0 fully saturated rings. The lowest BCUT2D eigenvalue weighted by Crippen LogP contribution is -2.32. The summed E-state index contributed by atoms with van der Waals surface area (Å²) in [7, 11) is 3.16. The van der Waals surface area contributed by atoms with E-state index in [1.54, 1.807) is 50.6 Å². The average molecular weight is 460 g/mol. The molecule has 0 radical (unpaired) electrons. The molecule has 1 aromatic heterocycles. The van der Waals surface area contributed by atoms with Gasteiger partial charge >= 0.3 is 0 Å². The van der Waals surface area contributed by atoms with Crippen molar-refractivity contribution in [3.05, 3.63) is 78.4 Å². The van der Waals surface area contributed by atoms with Gasteiger partial charge < -0.3 is 19.2 Å². The summed E-state index contributed by atoms with van der Waals surface area (Å²) >= 11 is 5.25. The second-order valence-corrected chi connectivity index (χ2v) is 7.37. The first-order valence-electron chi connectivity index (χ1n) is 10.0. The molecule has 1 heterocycles. The van der Waals surface area contributed by atoms with Gasteiger partial charge in [-0.1, -0.05) is 30.3 Å². The number of amides is 1. The number of oxazole rings is 1. The van der Waals surface area contributed by atoms with Crippen molar-refractivity contribution in [3.63, 3.8) is 0 Å². The number of aromatic nitrogens is 1. The number of nitrogens with zero attached hydrogens (tertiary/aromatic N) is 1. The van der Waals surface area contributed by atoms with Crippen molar-refractivity contribution in [2.45, 2.75) is 0 Å². The highest BCUT2D eigenvalue weighted by Gasteiger charge is 2.13. The Morgan fingerprint density at radius 1 is 1.00 bits per heavy atom. The van der Waals surface area contributed by atoms with E-state index in [0.29, 0.717) is 34.2 Å². The molecule has 0 bridgehead atoms. The Bertz CT molecular complexity index is 1330. The molecule has 0 saturated heterocycles. The van der Waals surface area contributed by atoms with Crippen LogP contribution in [0.3, 0.4) is 0 Å². The van der Waals surface area contributed by atoms with Crippen LogP contribution in [0.15, 0.2) is 77.2 Å². The molecule has 166 valence electrons. The van der Waals surface area contributed by atoms with E-state index in [2.05, 4.69) is 15.6 Å². The van der Waals surface area contributed by atoms with Crippen LogP contribution in [-0.2, 0) is 4.79 Å². The Hall–Kier alpha value is -4.17. The van der Waals surface area contributed by atoms with E-state index in [1.165, 1.54) is 6.08 Å². The van der Waals surface area contributed by atoms with E-state index in [9.17, 15) is 4.79 Å². The van der Waals surface area contributed by atoms with Crippen molar-refractivity contribution in [3.8, 4) is 23.0 Å². The van der Waals surface area contributed by atoms with Gasteiger partial charge in [0.1, 0.15) is 5.52 Å². The zero-order valence-corrected chi connectivity index (χ0v) is 18.8. The number of benzene rings is 3. The van der Waals surface area contributed by atoms with E-state index in [-0.39, 0.29) is 11.0 Å². The number of hydrogen-bond donors (Lipinski definition) is 2. The summed E-state index contributed by atoms with van der Waals surface area (Å²) in [6, 6.07) is 20.4. The molecule has 4 rings (SSSR count). The van der Waals surface area contributed by atoms with Crippen LogP contribution in [0.25, 0.3) is 28.6 Å². The Kier molecular flexibility index (Phi) is 6.66. The van der Waals surface area contributed by atoms with Crippen molar-refractivity contribution in [2.24, 2.45) is 0 Å². The average Bonchev–Trinajstić information content (AvgIpc) is 3.26. The van der Waals surface area contributed by atoms with Crippen LogP contribution in [0.1, 0.15) is 5.56 Å². The first-order chi connectivity index (χ1) is 16.1. The molecule has 2 N–H and O–H groups in total. The number of ether oxygens (including phenoxy) is 2. The molecule has 4 aromatic rings. The van der Waals surface area contributed by atoms with Gasteiger partial charge in [0, 0.05) is 17.3 Å². The van der Waals surface area contributed by atoms with Crippen LogP contribution < -0.4 is 20.1 Å². The fraction of sp³-hybridized carbons (Fsp3) is 0.0800. The van der Waals surface area contributed by atoms with Gasteiger partial charge in [-0.15, -0.1) is 0 Å². The molecule has 7 nitrogen and oxygen atoms in total. The smallest absolute Gasteiger partial charge is 0.250 e. The number of carbonyl (C=O) groups excluding carboxylic acids is 1. The van der Waals surface area contributed by atoms with Crippen LogP contribution in [0.2, 0.25) is 0 Å². The molecule has 0 saturated carbocycles. The highest BCUT2D eigenvalue weighted by molar-refractivity contribution is 7.80. The van der Waals surface area contributed by atoms with Crippen molar-refractivity contribution < 1.29 is 18.7 Å². The Morgan fingerprint density at radius 3 is 2.55 bits per heavy atom. The lowest BCUT2D eigenvalue weighted by Gasteiger charge is -2.07. The number of nitrogens with one attached hydrogen (secondary N) is 2. The number of methoxy groups -OCH3 is 2. The summed E-state index contributed by atoms with van der Waals surface area (Å²) in [5.74, 6) is 1.33. The van der Waals surface area contributed by atoms with E-state index >= 15 is 0 Å². The summed E-state index contributed by atoms with van der Waals surface area (Å²) < 4.78 is 16.5. The summed E-state index contributed by atoms with van der Waals surface area (Å²) in [4.78, 5) is 16.7. The first-order valence-corrected chi connectivity index (χ1v) is 10.4. The van der Waals surface area contributed by atoms with Crippen molar-refractivity contribution >= 4 is 46.1 Å². The van der Waals surface area contributed by atoms with E-state index in [1.807, 2.05) is 36.4 Å². The molecule has 1 amide bonds. The van der Waals surface area contributed by atoms with Crippen LogP contribution in [0, 0.1) is 0 Å². The minimum atomic E-state index is -0.324. The normalized spacial score (nSPS) is 10.8. The van der Waals surface area contributed by atoms with Gasteiger partial charge in [-0.05, 0) is 60.3 Å². The van der Waals surface area contributed by atoms with Gasteiger partial charge in [0.2, 0.25) is 11.8 Å². The fourth-order valence-electron chi connectivity index (χ4n) is 3.15. The molecular formula is C25H21N3O4S. The molecule has 3 aromatic carbocycles. The lowest BCUT2D eigenvalue weighted by molar-refractivity contribution is -0.115. The van der Waals surface area contributed by atoms with Crippen molar-refractivity contribution in [1.29, 1.82) is 0 Å². The molecular weight excluding hydrogens is 438 g/mol. The highest BCUT2D eigenvalue weighted by Crippen LogP contribution is 2.33. The molecule has 0 unspecified atom stereocenters. The molecule has 0 atom stereocenters. The van der Waals surface area contributed by atoms with Gasteiger partial charge in [0.15, 0.2) is 22.2 Å². The van der Waals surface area contributed by atoms with Crippen LogP contribution in [-0.4, -0.2) is 30.2 Å². The molecule has 0 aliphatic carbocycles. The van der Waals surface area contributed by atoms with Gasteiger partial charge in [-0.2, -0.15) is 0 Å². The second-order valence-electron chi connectivity index (χ2n) is 6.96. The topological polar surface area (TPSA) is 85.6 Å². The van der Waals surface area contributed by atoms with Gasteiger partial charge in [-0.3, -0.25) is 10.1 Å². The fourth-order valence-corrected chi connectivity index (χ4v) is 3.37. The SMILES string of the molecule is COc1ccc(-c2nc3cc(NC(=S)NC(=O)/C=C/c4ccccc4)ccc3o2)cc1OC. The van der Waals surface area contributed by atoms with E-state index in [4.69, 9.17) is 26.1 Å². The van der Waals surface area contributed by atoms with Gasteiger partial charge in [0.05, 0.1) is 14.2 Å². The lowest BCUT2D eigenvalue weighted by atomic mass is 10.2. The zero-order chi connectivity index (χ0) is 23.2. The molecule has 0 spiro atoms. The number of rotatable bonds is 6. The maximum Gasteiger partial charge on any atom is 0.250 e. The Morgan fingerprint density at radius 2 is 1.79 bits per heavy atom. The maximum absolute atomic E-state index is 12.1. The summed E-state index contributed by atoms with van der Waals surface area (Å²) in [5.41, 5.74) is 3.61. The largest absolute Gasteiger partial charge is 0.493 e. The predicted octanol–water partition coefficient (Wildman–Crippen LogP) is 5.04. The second kappa shape index (κ2) is 9.97. The standard InChI is InChI=1S/C25H21N3O4S/c1-30-21-11-9-17(14-22(21)31-2)24-27-19-15-18(10-12-20(19)32-24)26-25(33)28-23(29)13-8-16-6-4-3-5-7-16/h3-15H,1-2H3,(H2,26,28,29,33)/b13-8+.